The summed E-state index contributed by atoms with van der Waals surface area (Å²) in [7, 11) is 0. The zero-order valence-electron chi connectivity index (χ0n) is 18.1. The van der Waals surface area contributed by atoms with Crippen molar-refractivity contribution in [2.75, 3.05) is 0 Å². The number of hydrogen-bond acceptors (Lipinski definition) is 3. The van der Waals surface area contributed by atoms with Gasteiger partial charge in [-0.2, -0.15) is 15.8 Å². The molecule has 0 aliphatic carbocycles. The molecule has 0 aliphatic heterocycles. The van der Waals surface area contributed by atoms with Crippen molar-refractivity contribution in [1.29, 1.82) is 15.8 Å². The van der Waals surface area contributed by atoms with Crippen molar-refractivity contribution in [3.05, 3.63) is 141 Å². The third-order valence-electron chi connectivity index (χ3n) is 5.59. The molecule has 0 spiro atoms. The molecule has 0 aromatic heterocycles. The Morgan fingerprint density at radius 3 is 0.818 bits per heavy atom. The summed E-state index contributed by atoms with van der Waals surface area (Å²) in [5.41, 5.74) is 9.12. The van der Waals surface area contributed by atoms with Gasteiger partial charge in [0.25, 0.3) is 0 Å². The first-order chi connectivity index (χ1) is 16.1. The Hall–Kier alpha value is -4.65. The molecule has 4 rings (SSSR count). The van der Waals surface area contributed by atoms with Gasteiger partial charge in [-0.25, -0.2) is 0 Å². The van der Waals surface area contributed by atoms with Gasteiger partial charge in [0.15, 0.2) is 0 Å². The third-order valence-corrected chi connectivity index (χ3v) is 5.59. The van der Waals surface area contributed by atoms with E-state index in [0.717, 1.165) is 36.0 Å². The van der Waals surface area contributed by atoms with Crippen LogP contribution in [0.3, 0.4) is 0 Å². The highest BCUT2D eigenvalue weighted by atomic mass is 14.2. The molecule has 33 heavy (non-hydrogen) atoms. The lowest BCUT2D eigenvalue weighted by molar-refractivity contribution is 1.09. The van der Waals surface area contributed by atoms with Crippen molar-refractivity contribution in [3.63, 3.8) is 0 Å². The Kier molecular flexibility index (Phi) is 6.61. The van der Waals surface area contributed by atoms with Gasteiger partial charge in [-0.3, -0.25) is 0 Å². The molecule has 0 heterocycles. The first-order valence-corrected chi connectivity index (χ1v) is 10.7. The lowest BCUT2D eigenvalue weighted by atomic mass is 9.93. The molecular weight excluding hydrogens is 402 g/mol. The molecule has 0 bridgehead atoms. The topological polar surface area (TPSA) is 71.4 Å². The summed E-state index contributed by atoms with van der Waals surface area (Å²) in [4.78, 5) is 0. The zero-order chi connectivity index (χ0) is 23.0. The van der Waals surface area contributed by atoms with Gasteiger partial charge < -0.3 is 0 Å². The number of nitrogens with zero attached hydrogens (tertiary/aromatic N) is 3. The third kappa shape index (κ3) is 5.74. The van der Waals surface area contributed by atoms with Crippen LogP contribution in [0.2, 0.25) is 0 Å². The van der Waals surface area contributed by atoms with Crippen LogP contribution < -0.4 is 0 Å². The molecule has 3 heteroatoms. The summed E-state index contributed by atoms with van der Waals surface area (Å²) in [6, 6.07) is 36.4. The smallest absolute Gasteiger partial charge is 0.0991 e. The van der Waals surface area contributed by atoms with E-state index in [1.54, 1.807) is 0 Å². The van der Waals surface area contributed by atoms with Crippen LogP contribution in [0.1, 0.15) is 50.1 Å². The lowest BCUT2D eigenvalue weighted by Crippen LogP contribution is -1.98. The quantitative estimate of drug-likeness (QED) is 0.378. The van der Waals surface area contributed by atoms with Crippen molar-refractivity contribution >= 4 is 0 Å². The Morgan fingerprint density at radius 1 is 0.364 bits per heavy atom. The molecule has 3 nitrogen and oxygen atoms in total. The summed E-state index contributed by atoms with van der Waals surface area (Å²) in [5.74, 6) is 0. The second kappa shape index (κ2) is 10.1. The number of nitriles is 3. The number of benzene rings is 4. The Bertz CT molecular complexity index is 1190. The molecule has 0 amide bonds. The SMILES string of the molecule is N#Cc1ccc(Cc2cc(Cc3ccc(C#N)cc3)cc(Cc3ccc(C#N)cc3)c2)cc1. The fourth-order valence-electron chi connectivity index (χ4n) is 3.94. The molecule has 0 unspecified atom stereocenters. The van der Waals surface area contributed by atoms with E-state index in [1.165, 1.54) is 16.7 Å². The van der Waals surface area contributed by atoms with Gasteiger partial charge in [-0.15, -0.1) is 0 Å². The van der Waals surface area contributed by atoms with Crippen molar-refractivity contribution in [2.45, 2.75) is 19.3 Å². The van der Waals surface area contributed by atoms with Crippen LogP contribution in [0.25, 0.3) is 0 Å². The highest BCUT2D eigenvalue weighted by molar-refractivity contribution is 5.41. The molecule has 0 saturated carbocycles. The summed E-state index contributed by atoms with van der Waals surface area (Å²) in [6.07, 6.45) is 2.36. The van der Waals surface area contributed by atoms with Gasteiger partial charge in [-0.05, 0) is 89.0 Å². The van der Waals surface area contributed by atoms with E-state index in [0.29, 0.717) is 16.7 Å². The van der Waals surface area contributed by atoms with Crippen molar-refractivity contribution in [2.24, 2.45) is 0 Å². The van der Waals surface area contributed by atoms with Crippen LogP contribution >= 0.6 is 0 Å². The van der Waals surface area contributed by atoms with Crippen LogP contribution in [-0.2, 0) is 19.3 Å². The highest BCUT2D eigenvalue weighted by Gasteiger charge is 2.06. The van der Waals surface area contributed by atoms with E-state index in [-0.39, 0.29) is 0 Å². The fourth-order valence-corrected chi connectivity index (χ4v) is 3.94. The van der Waals surface area contributed by atoms with Crippen LogP contribution in [-0.4, -0.2) is 0 Å². The summed E-state index contributed by atoms with van der Waals surface area (Å²) in [6.45, 7) is 0. The maximum absolute atomic E-state index is 9.05. The maximum Gasteiger partial charge on any atom is 0.0991 e. The van der Waals surface area contributed by atoms with Gasteiger partial charge in [0.1, 0.15) is 0 Å². The summed E-state index contributed by atoms with van der Waals surface area (Å²) in [5, 5.41) is 27.2. The van der Waals surface area contributed by atoms with E-state index in [2.05, 4.69) is 36.4 Å². The summed E-state index contributed by atoms with van der Waals surface area (Å²) < 4.78 is 0. The number of hydrogen-bond donors (Lipinski definition) is 0. The van der Waals surface area contributed by atoms with Gasteiger partial charge >= 0.3 is 0 Å². The maximum atomic E-state index is 9.05. The average Bonchev–Trinajstić information content (AvgIpc) is 2.85. The normalized spacial score (nSPS) is 10.1. The van der Waals surface area contributed by atoms with Crippen molar-refractivity contribution in [1.82, 2.24) is 0 Å². The van der Waals surface area contributed by atoms with Crippen LogP contribution in [0.15, 0.2) is 91.0 Å². The second-order valence-corrected chi connectivity index (χ2v) is 8.11. The van der Waals surface area contributed by atoms with E-state index >= 15 is 0 Å². The molecule has 4 aromatic carbocycles. The first-order valence-electron chi connectivity index (χ1n) is 10.7. The van der Waals surface area contributed by atoms with Gasteiger partial charge in [0.05, 0.1) is 34.9 Å². The van der Waals surface area contributed by atoms with Crippen LogP contribution in [0.4, 0.5) is 0 Å². The Balaban J connectivity index is 1.63. The predicted molar refractivity (Wildman–Crippen MR) is 128 cm³/mol. The average molecular weight is 424 g/mol. The fraction of sp³-hybridized carbons (Fsp3) is 0.100. The van der Waals surface area contributed by atoms with Gasteiger partial charge in [0, 0.05) is 0 Å². The van der Waals surface area contributed by atoms with Gasteiger partial charge in [0.2, 0.25) is 0 Å². The number of rotatable bonds is 6. The van der Waals surface area contributed by atoms with E-state index in [9.17, 15) is 0 Å². The standard InChI is InChI=1S/C30H21N3/c31-19-25-7-1-22(2-8-25)13-28-16-29(14-23-3-9-26(20-32)10-4-23)18-30(17-28)15-24-5-11-27(21-33)12-6-24/h1-12,16-18H,13-15H2. The van der Waals surface area contributed by atoms with Gasteiger partial charge in [-0.1, -0.05) is 54.6 Å². The molecule has 156 valence electrons. The van der Waals surface area contributed by atoms with E-state index < -0.39 is 0 Å². The molecule has 0 atom stereocenters. The van der Waals surface area contributed by atoms with Crippen molar-refractivity contribution in [3.8, 4) is 18.2 Å². The zero-order valence-corrected chi connectivity index (χ0v) is 18.1. The Morgan fingerprint density at radius 2 is 0.606 bits per heavy atom. The van der Waals surface area contributed by atoms with Crippen LogP contribution in [0, 0.1) is 34.0 Å². The minimum absolute atomic E-state index is 0.662. The largest absolute Gasteiger partial charge is 0.192 e. The van der Waals surface area contributed by atoms with E-state index in [1.807, 2.05) is 72.8 Å². The second-order valence-electron chi connectivity index (χ2n) is 8.11. The minimum Gasteiger partial charge on any atom is -0.192 e. The predicted octanol–water partition coefficient (Wildman–Crippen LogP) is 6.07. The molecule has 4 aromatic rings. The summed E-state index contributed by atoms with van der Waals surface area (Å²) >= 11 is 0. The molecular formula is C30H21N3. The molecule has 0 radical (unpaired) electrons. The van der Waals surface area contributed by atoms with E-state index in [4.69, 9.17) is 15.8 Å². The Labute approximate surface area is 194 Å². The lowest BCUT2D eigenvalue weighted by Gasteiger charge is -2.11. The first kappa shape index (κ1) is 21.6. The van der Waals surface area contributed by atoms with Crippen LogP contribution in [0.5, 0.6) is 0 Å². The molecule has 0 aliphatic rings. The highest BCUT2D eigenvalue weighted by Crippen LogP contribution is 2.21. The minimum atomic E-state index is 0.662. The molecule has 0 saturated heterocycles. The molecule has 0 N–H and O–H groups in total. The monoisotopic (exact) mass is 423 g/mol. The van der Waals surface area contributed by atoms with Crippen molar-refractivity contribution < 1.29 is 0 Å². The molecule has 0 fully saturated rings.